The number of nitrogens with one attached hydrogen (secondary N) is 2. The van der Waals surface area contributed by atoms with E-state index in [0.29, 0.717) is 23.2 Å². The molecule has 3 aromatic rings. The smallest absolute Gasteiger partial charge is 0.326 e. The maximum Gasteiger partial charge on any atom is 0.326 e. The number of phenols is 1. The Morgan fingerprint density at radius 3 is 2.34 bits per heavy atom. The summed E-state index contributed by atoms with van der Waals surface area (Å²) in [5.74, 6) is 0.282. The van der Waals surface area contributed by atoms with E-state index in [1.54, 1.807) is 12.1 Å². The van der Waals surface area contributed by atoms with E-state index >= 15 is 0 Å². The third kappa shape index (κ3) is 8.20. The molecule has 326 valence electrons. The van der Waals surface area contributed by atoms with Gasteiger partial charge in [-0.25, -0.2) is 14.8 Å². The lowest BCUT2D eigenvalue weighted by Gasteiger charge is -2.55. The summed E-state index contributed by atoms with van der Waals surface area (Å²) < 4.78 is 0. The molecule has 16 nitrogen and oxygen atoms in total. The van der Waals surface area contributed by atoms with Crippen LogP contribution in [-0.4, -0.2) is 139 Å². The molecule has 5 fully saturated rings. The van der Waals surface area contributed by atoms with Crippen molar-refractivity contribution in [3.63, 3.8) is 0 Å². The highest BCUT2D eigenvalue weighted by atomic mass is 16.4. The van der Waals surface area contributed by atoms with Gasteiger partial charge >= 0.3 is 5.97 Å². The third-order valence-corrected chi connectivity index (χ3v) is 14.7. The van der Waals surface area contributed by atoms with Crippen molar-refractivity contribution in [1.82, 2.24) is 35.3 Å². The number of phenolic OH excluding ortho intramolecular Hbond substituents is 1. The number of likely N-dealkylation sites (tertiary alicyclic amines) is 2. The number of carboxylic acids is 1. The molecule has 6 heterocycles. The summed E-state index contributed by atoms with van der Waals surface area (Å²) in [5, 5.41) is 45.5. The first-order valence-electron chi connectivity index (χ1n) is 22.2. The van der Waals surface area contributed by atoms with Crippen LogP contribution in [0.5, 0.6) is 5.75 Å². The number of carbonyl (C=O) groups excluding carboxylic acids is 2. The zero-order valence-electron chi connectivity index (χ0n) is 35.5. The number of aliphatic hydroxyl groups excluding tert-OH is 1. The summed E-state index contributed by atoms with van der Waals surface area (Å²) in [6.45, 7) is 10.8. The average molecular weight is 837 g/mol. The summed E-state index contributed by atoms with van der Waals surface area (Å²) in [5.41, 5.74) is 3.18. The fraction of sp³-hybridized carbons (Fsp3) is 0.622. The van der Waals surface area contributed by atoms with Crippen LogP contribution >= 0.6 is 0 Å². The summed E-state index contributed by atoms with van der Waals surface area (Å²) in [4.78, 5) is 57.4. The monoisotopic (exact) mass is 836 g/mol. The number of para-hydroxylation sites is 1. The Kier molecular flexibility index (Phi) is 11.0. The van der Waals surface area contributed by atoms with Gasteiger partial charge in [0.2, 0.25) is 17.8 Å². The van der Waals surface area contributed by atoms with E-state index in [1.165, 1.54) is 23.3 Å². The number of aromatic hydroxyl groups is 1. The zero-order valence-corrected chi connectivity index (χ0v) is 35.5. The van der Waals surface area contributed by atoms with Crippen LogP contribution < -0.4 is 20.4 Å². The Morgan fingerprint density at radius 1 is 0.934 bits per heavy atom. The minimum absolute atomic E-state index is 0.00300. The second-order valence-corrected chi connectivity index (χ2v) is 19.7. The fourth-order valence-electron chi connectivity index (χ4n) is 11.1. The number of aliphatic carboxylic acids is 1. The van der Waals surface area contributed by atoms with Gasteiger partial charge in [-0.15, -0.1) is 10.2 Å². The number of amides is 2. The predicted octanol–water partition coefficient (Wildman–Crippen LogP) is 3.86. The molecule has 2 aromatic heterocycles. The van der Waals surface area contributed by atoms with Crippen molar-refractivity contribution < 1.29 is 29.7 Å². The van der Waals surface area contributed by atoms with Crippen molar-refractivity contribution in [2.24, 2.45) is 16.7 Å². The van der Waals surface area contributed by atoms with Gasteiger partial charge in [0, 0.05) is 69.1 Å². The molecule has 1 spiro atoms. The van der Waals surface area contributed by atoms with Gasteiger partial charge in [-0.3, -0.25) is 9.59 Å². The molecule has 4 atom stereocenters. The van der Waals surface area contributed by atoms with E-state index in [1.807, 2.05) is 51.4 Å². The molecule has 1 unspecified atom stereocenters. The van der Waals surface area contributed by atoms with E-state index in [9.17, 15) is 29.7 Å². The summed E-state index contributed by atoms with van der Waals surface area (Å²) in [7, 11) is 0. The number of aliphatic hydroxyl groups is 1. The predicted molar refractivity (Wildman–Crippen MR) is 229 cm³/mol. The first-order chi connectivity index (χ1) is 29.2. The minimum atomic E-state index is -1.14. The van der Waals surface area contributed by atoms with Gasteiger partial charge in [-0.05, 0) is 105 Å². The molecule has 3 saturated heterocycles. The molecule has 6 aliphatic rings. The highest BCUT2D eigenvalue weighted by Gasteiger charge is 2.50. The van der Waals surface area contributed by atoms with Crippen LogP contribution in [0.15, 0.2) is 42.7 Å². The topological polar surface area (TPSA) is 200 Å². The normalized spacial score (nSPS) is 28.7. The van der Waals surface area contributed by atoms with Gasteiger partial charge in [0.25, 0.3) is 0 Å². The highest BCUT2D eigenvalue weighted by Crippen LogP contribution is 2.55. The third-order valence-electron chi connectivity index (χ3n) is 14.7. The Bertz CT molecular complexity index is 2110. The van der Waals surface area contributed by atoms with Crippen LogP contribution in [0.25, 0.3) is 11.3 Å². The van der Waals surface area contributed by atoms with Crippen molar-refractivity contribution in [2.75, 3.05) is 60.9 Å². The number of rotatable bonds is 8. The number of hydrogen-bond acceptors (Lipinski definition) is 13. The number of β-amino-alcohol motifs (C(OH)–C–C–N with tert-alkyl or cyclic N) is 1. The highest BCUT2D eigenvalue weighted by molar-refractivity contribution is 5.92. The van der Waals surface area contributed by atoms with Crippen molar-refractivity contribution in [3.05, 3.63) is 48.3 Å². The number of nitrogens with zero attached hydrogens (tertiary/aromatic N) is 8. The standard InChI is InChI=1S/C45H60N10O6/c1-44(2,3)38(41(59)55-26-32(56)18-36(55)42(60)61)49-40(58)28-8-12-45(13-9-28)20-30(21-45)52-14-10-27(11-15-52)29-22-47-43(48-23-29)53-16-17-54-31(25-53)24-46-39-35(54)19-34(50-51-39)33-6-4-5-7-37(33)57/h4-7,19,22-23,27-28,30-32,36,38,56-57H,8-18,20-21,24-26H2,1-3H3,(H,46,51)(H,49,58)(H,60,61)/t28?,30?,31-,32+,36-,38?,45?/m0/s1. The molecule has 0 bridgehead atoms. The Hall–Kier alpha value is -5.09. The minimum Gasteiger partial charge on any atom is -0.507 e. The van der Waals surface area contributed by atoms with E-state index in [-0.39, 0.29) is 42.0 Å². The van der Waals surface area contributed by atoms with Gasteiger partial charge in [0.1, 0.15) is 17.8 Å². The molecule has 0 radical (unpaired) electrons. The van der Waals surface area contributed by atoms with Crippen LogP contribution in [-0.2, 0) is 14.4 Å². The van der Waals surface area contributed by atoms with E-state index in [0.717, 1.165) is 95.2 Å². The van der Waals surface area contributed by atoms with Crippen LogP contribution in [0.2, 0.25) is 0 Å². The molecule has 2 saturated carbocycles. The molecule has 4 aliphatic heterocycles. The summed E-state index contributed by atoms with van der Waals surface area (Å²) in [6.07, 6.45) is 11.3. The van der Waals surface area contributed by atoms with Crippen LogP contribution in [0.1, 0.15) is 90.0 Å². The molecule has 16 heteroatoms. The summed E-state index contributed by atoms with van der Waals surface area (Å²) in [6, 6.07) is 8.06. The number of aromatic nitrogens is 4. The van der Waals surface area contributed by atoms with E-state index in [4.69, 9.17) is 9.97 Å². The Morgan fingerprint density at radius 2 is 1.66 bits per heavy atom. The van der Waals surface area contributed by atoms with Gasteiger partial charge in [0.15, 0.2) is 5.82 Å². The van der Waals surface area contributed by atoms with E-state index < -0.39 is 35.5 Å². The SMILES string of the molecule is CC(C)(C)C(NC(=O)C1CCC2(CC1)CC(N1CCC(c3cnc(N4CCN5c6cc(-c7ccccc7O)nnc6NC[C@H]5C4)nc3)CC1)C2)C(=O)N1C[C@H](O)C[C@H]1C(=O)O. The first kappa shape index (κ1) is 41.3. The zero-order chi connectivity index (χ0) is 42.6. The van der Waals surface area contributed by atoms with Crippen LogP contribution in [0.3, 0.4) is 0 Å². The largest absolute Gasteiger partial charge is 0.507 e. The maximum atomic E-state index is 13.6. The molecular formula is C45H60N10O6. The summed E-state index contributed by atoms with van der Waals surface area (Å²) >= 11 is 0. The van der Waals surface area contributed by atoms with Crippen molar-refractivity contribution in [2.45, 2.75) is 115 Å². The van der Waals surface area contributed by atoms with Crippen molar-refractivity contribution >= 4 is 35.2 Å². The van der Waals surface area contributed by atoms with Gasteiger partial charge < -0.3 is 45.6 Å². The number of piperazine rings is 1. The number of carboxylic acid groups (broad SMARTS) is 1. The molecular weight excluding hydrogens is 777 g/mol. The second kappa shape index (κ2) is 16.3. The number of fused-ring (bicyclic) bond motifs is 3. The van der Waals surface area contributed by atoms with E-state index in [2.05, 4.69) is 35.5 Å². The molecule has 9 rings (SSSR count). The Balaban J connectivity index is 0.726. The van der Waals surface area contributed by atoms with Gasteiger partial charge in [0.05, 0.1) is 23.5 Å². The second-order valence-electron chi connectivity index (χ2n) is 19.7. The van der Waals surface area contributed by atoms with Crippen LogP contribution in [0.4, 0.5) is 17.5 Å². The quantitative estimate of drug-likeness (QED) is 0.219. The lowest BCUT2D eigenvalue weighted by Crippen LogP contribution is -2.58. The molecule has 2 amide bonds. The lowest BCUT2D eigenvalue weighted by atomic mass is 9.56. The molecule has 2 aliphatic carbocycles. The first-order valence-corrected chi connectivity index (χ1v) is 22.2. The van der Waals surface area contributed by atoms with Crippen molar-refractivity contribution in [1.29, 1.82) is 0 Å². The van der Waals surface area contributed by atoms with Gasteiger partial charge in [-0.2, -0.15) is 0 Å². The number of hydrogen-bond donors (Lipinski definition) is 5. The number of benzene rings is 1. The number of carbonyl (C=O) groups is 3. The Labute approximate surface area is 357 Å². The molecule has 61 heavy (non-hydrogen) atoms. The van der Waals surface area contributed by atoms with Crippen LogP contribution in [0, 0.1) is 16.7 Å². The fourth-order valence-corrected chi connectivity index (χ4v) is 11.1. The number of piperidine rings is 1. The maximum absolute atomic E-state index is 13.6. The average Bonchev–Trinajstić information content (AvgIpc) is 3.66. The molecule has 5 N–H and O–H groups in total. The van der Waals surface area contributed by atoms with Gasteiger partial charge in [-0.1, -0.05) is 32.9 Å². The number of anilines is 3. The molecule has 1 aromatic carbocycles. The van der Waals surface area contributed by atoms with Crippen molar-refractivity contribution in [3.8, 4) is 17.0 Å². The lowest BCUT2D eigenvalue weighted by molar-refractivity contribution is -0.151.